The van der Waals surface area contributed by atoms with Gasteiger partial charge in [-0.25, -0.2) is 4.79 Å². The number of urea groups is 1. The van der Waals surface area contributed by atoms with Crippen LogP contribution in [-0.4, -0.2) is 60.4 Å². The van der Waals surface area contributed by atoms with Crippen LogP contribution in [0.2, 0.25) is 0 Å². The molecule has 0 aromatic heterocycles. The first-order valence-electron chi connectivity index (χ1n) is 12.9. The minimum atomic E-state index is -0.551. The number of piperazine rings is 1. The Morgan fingerprint density at radius 2 is 1.58 bits per heavy atom. The van der Waals surface area contributed by atoms with E-state index >= 15 is 0 Å². The van der Waals surface area contributed by atoms with Crippen LogP contribution in [0.1, 0.15) is 71.7 Å². The molecule has 8 nitrogen and oxygen atoms in total. The number of carbonyl (C=O) groups excluding carboxylic acids is 3. The Balaban J connectivity index is 1.44. The fraction of sp³-hybridized carbons (Fsp3) is 0.464. The van der Waals surface area contributed by atoms with Gasteiger partial charge in [-0.3, -0.25) is 9.59 Å². The Morgan fingerprint density at radius 3 is 2.33 bits per heavy atom. The van der Waals surface area contributed by atoms with E-state index in [1.54, 1.807) is 46.2 Å². The smallest absolute Gasteiger partial charge is 0.317 e. The number of para-hydroxylation sites is 1. The highest BCUT2D eigenvalue weighted by molar-refractivity contribution is 5.95. The van der Waals surface area contributed by atoms with Gasteiger partial charge in [0, 0.05) is 38.3 Å². The summed E-state index contributed by atoms with van der Waals surface area (Å²) in [7, 11) is 0. The third kappa shape index (κ3) is 8.00. The number of carbonyl (C=O) groups is 3. The van der Waals surface area contributed by atoms with Gasteiger partial charge in [0.05, 0.1) is 5.56 Å². The topological polar surface area (TPSA) is 105 Å². The number of benzene rings is 2. The lowest BCUT2D eigenvalue weighted by atomic mass is 10.1. The molecule has 2 aromatic carbocycles. The summed E-state index contributed by atoms with van der Waals surface area (Å²) in [6, 6.07) is 14.0. The summed E-state index contributed by atoms with van der Waals surface area (Å²) in [6.07, 6.45) is 7.14. The van der Waals surface area contributed by atoms with Crippen LogP contribution >= 0.6 is 0 Å². The molecule has 0 aliphatic carbocycles. The summed E-state index contributed by atoms with van der Waals surface area (Å²) in [5, 5.41) is 3.01. The SMILES string of the molecule is CCCCCCCCNC(=O)N1CCN(C(=O)c2cccc(COc3ccccc3C(N)=O)c2)CC1. The molecule has 3 rings (SSSR count). The van der Waals surface area contributed by atoms with Gasteiger partial charge in [-0.15, -0.1) is 0 Å². The predicted molar refractivity (Wildman–Crippen MR) is 140 cm³/mol. The molecular weight excluding hydrogens is 456 g/mol. The van der Waals surface area contributed by atoms with Crippen LogP contribution in [0.3, 0.4) is 0 Å². The molecule has 1 aliphatic heterocycles. The van der Waals surface area contributed by atoms with Crippen molar-refractivity contribution in [2.24, 2.45) is 5.73 Å². The Labute approximate surface area is 213 Å². The zero-order valence-corrected chi connectivity index (χ0v) is 21.2. The maximum absolute atomic E-state index is 13.1. The summed E-state index contributed by atoms with van der Waals surface area (Å²) in [5.74, 6) is -0.209. The minimum absolute atomic E-state index is 0.0500. The number of rotatable bonds is 12. The summed E-state index contributed by atoms with van der Waals surface area (Å²) in [6.45, 7) is 5.13. The standard InChI is InChI=1S/C28H38N4O4/c1-2-3-4-5-6-9-15-30-28(35)32-18-16-31(17-19-32)27(34)23-12-10-11-22(20-23)21-36-25-14-8-7-13-24(25)26(29)33/h7-8,10-14,20H,2-6,9,15-19,21H2,1H3,(H2,29,33)(H,30,35). The number of nitrogens with zero attached hydrogens (tertiary/aromatic N) is 2. The highest BCUT2D eigenvalue weighted by Crippen LogP contribution is 2.19. The van der Waals surface area contributed by atoms with Gasteiger partial charge in [-0.2, -0.15) is 0 Å². The number of unbranched alkanes of at least 4 members (excludes halogenated alkanes) is 5. The Hall–Kier alpha value is -3.55. The molecule has 1 saturated heterocycles. The third-order valence-electron chi connectivity index (χ3n) is 6.38. The van der Waals surface area contributed by atoms with E-state index in [1.165, 1.54) is 25.7 Å². The molecule has 0 atom stereocenters. The largest absolute Gasteiger partial charge is 0.488 e. The minimum Gasteiger partial charge on any atom is -0.488 e. The number of hydrogen-bond donors (Lipinski definition) is 2. The first kappa shape index (κ1) is 27.0. The molecule has 194 valence electrons. The summed E-state index contributed by atoms with van der Waals surface area (Å²) in [5.41, 5.74) is 7.11. The molecule has 0 spiro atoms. The average Bonchev–Trinajstić information content (AvgIpc) is 2.91. The van der Waals surface area contributed by atoms with Crippen molar-refractivity contribution in [1.29, 1.82) is 0 Å². The first-order valence-corrected chi connectivity index (χ1v) is 12.9. The van der Waals surface area contributed by atoms with Crippen LogP contribution in [0.15, 0.2) is 48.5 Å². The molecule has 8 heteroatoms. The van der Waals surface area contributed by atoms with Crippen molar-refractivity contribution in [3.63, 3.8) is 0 Å². The first-order chi connectivity index (χ1) is 17.5. The van der Waals surface area contributed by atoms with Crippen LogP contribution in [0, 0.1) is 0 Å². The van der Waals surface area contributed by atoms with Gasteiger partial charge in [-0.05, 0) is 36.2 Å². The van der Waals surface area contributed by atoms with Gasteiger partial charge in [0.25, 0.3) is 11.8 Å². The molecule has 1 heterocycles. The van der Waals surface area contributed by atoms with E-state index in [2.05, 4.69) is 12.2 Å². The molecule has 36 heavy (non-hydrogen) atoms. The molecule has 0 radical (unpaired) electrons. The zero-order valence-electron chi connectivity index (χ0n) is 21.2. The number of nitrogens with two attached hydrogens (primary N) is 1. The number of ether oxygens (including phenoxy) is 1. The Kier molecular flexibility index (Phi) is 10.6. The van der Waals surface area contributed by atoms with Gasteiger partial charge in [0.1, 0.15) is 12.4 Å². The van der Waals surface area contributed by atoms with Crippen molar-refractivity contribution >= 4 is 17.8 Å². The highest BCUT2D eigenvalue weighted by atomic mass is 16.5. The maximum Gasteiger partial charge on any atom is 0.317 e. The summed E-state index contributed by atoms with van der Waals surface area (Å²) >= 11 is 0. The molecule has 2 aromatic rings. The van der Waals surface area contributed by atoms with Crippen LogP contribution in [0.25, 0.3) is 0 Å². The van der Waals surface area contributed by atoms with Crippen molar-refractivity contribution in [3.05, 3.63) is 65.2 Å². The molecule has 1 fully saturated rings. The highest BCUT2D eigenvalue weighted by Gasteiger charge is 2.24. The molecule has 0 unspecified atom stereocenters. The second kappa shape index (κ2) is 14.1. The monoisotopic (exact) mass is 494 g/mol. The number of amides is 4. The van der Waals surface area contributed by atoms with Crippen LogP contribution in [-0.2, 0) is 6.61 Å². The van der Waals surface area contributed by atoms with Crippen molar-refractivity contribution in [1.82, 2.24) is 15.1 Å². The van der Waals surface area contributed by atoms with Crippen molar-refractivity contribution in [2.75, 3.05) is 32.7 Å². The zero-order chi connectivity index (χ0) is 25.8. The molecule has 3 N–H and O–H groups in total. The molecule has 0 bridgehead atoms. The fourth-order valence-electron chi connectivity index (χ4n) is 4.26. The van der Waals surface area contributed by atoms with Gasteiger partial charge < -0.3 is 25.6 Å². The van der Waals surface area contributed by atoms with Gasteiger partial charge >= 0.3 is 6.03 Å². The lowest BCUT2D eigenvalue weighted by molar-refractivity contribution is 0.0665. The molecule has 0 saturated carbocycles. The summed E-state index contributed by atoms with van der Waals surface area (Å²) < 4.78 is 5.79. The van der Waals surface area contributed by atoms with Gasteiger partial charge in [0.2, 0.25) is 0 Å². The fourth-order valence-corrected chi connectivity index (χ4v) is 4.26. The quantitative estimate of drug-likeness (QED) is 0.432. The van der Waals surface area contributed by atoms with Gasteiger partial charge in [0.15, 0.2) is 0 Å². The molecule has 1 aliphatic rings. The van der Waals surface area contributed by atoms with E-state index in [-0.39, 0.29) is 18.5 Å². The van der Waals surface area contributed by atoms with E-state index < -0.39 is 5.91 Å². The third-order valence-corrected chi connectivity index (χ3v) is 6.38. The van der Waals surface area contributed by atoms with E-state index in [1.807, 2.05) is 12.1 Å². The second-order valence-electron chi connectivity index (χ2n) is 9.13. The van der Waals surface area contributed by atoms with Crippen molar-refractivity contribution < 1.29 is 19.1 Å². The number of nitrogens with one attached hydrogen (secondary N) is 1. The Morgan fingerprint density at radius 1 is 0.889 bits per heavy atom. The van der Waals surface area contributed by atoms with Crippen LogP contribution in [0.4, 0.5) is 4.79 Å². The van der Waals surface area contributed by atoms with E-state index in [4.69, 9.17) is 10.5 Å². The molecule has 4 amide bonds. The average molecular weight is 495 g/mol. The maximum atomic E-state index is 13.1. The summed E-state index contributed by atoms with van der Waals surface area (Å²) in [4.78, 5) is 40.7. The lowest BCUT2D eigenvalue weighted by Crippen LogP contribution is -2.53. The van der Waals surface area contributed by atoms with Crippen molar-refractivity contribution in [3.8, 4) is 5.75 Å². The Bertz CT molecular complexity index is 1020. The van der Waals surface area contributed by atoms with E-state index in [9.17, 15) is 14.4 Å². The predicted octanol–water partition coefficient (Wildman–Crippen LogP) is 4.19. The van der Waals surface area contributed by atoms with Gasteiger partial charge in [-0.1, -0.05) is 63.3 Å². The number of primary amides is 1. The van der Waals surface area contributed by atoms with E-state index in [0.29, 0.717) is 49.6 Å². The second-order valence-corrected chi connectivity index (χ2v) is 9.13. The van der Waals surface area contributed by atoms with E-state index in [0.717, 1.165) is 18.4 Å². The van der Waals surface area contributed by atoms with Crippen LogP contribution < -0.4 is 15.8 Å². The van der Waals surface area contributed by atoms with Crippen molar-refractivity contribution in [2.45, 2.75) is 52.1 Å². The number of hydrogen-bond acceptors (Lipinski definition) is 4. The molecular formula is C28H38N4O4. The lowest BCUT2D eigenvalue weighted by Gasteiger charge is -2.34. The normalized spacial score (nSPS) is 13.4. The van der Waals surface area contributed by atoms with Crippen LogP contribution in [0.5, 0.6) is 5.75 Å².